The maximum absolute atomic E-state index is 11.9. The summed E-state index contributed by atoms with van der Waals surface area (Å²) in [6.07, 6.45) is 1.08. The minimum Gasteiger partial charge on any atom is -0.481 e. The molecule has 0 bridgehead atoms. The maximum atomic E-state index is 11.9. The molecule has 100 valence electrons. The Labute approximate surface area is 116 Å². The van der Waals surface area contributed by atoms with Crippen LogP contribution in [0.25, 0.3) is 0 Å². The summed E-state index contributed by atoms with van der Waals surface area (Å²) in [5.41, 5.74) is 2.34. The normalized spacial score (nSPS) is 11.9. The van der Waals surface area contributed by atoms with E-state index in [4.69, 9.17) is 4.74 Å². The van der Waals surface area contributed by atoms with Crippen molar-refractivity contribution in [2.24, 2.45) is 0 Å². The molecule has 2 rings (SSSR count). The number of thiazole rings is 1. The van der Waals surface area contributed by atoms with E-state index in [9.17, 15) is 4.79 Å². The van der Waals surface area contributed by atoms with E-state index in [1.54, 1.807) is 13.1 Å². The monoisotopic (exact) mass is 276 g/mol. The molecule has 0 saturated carbocycles. The van der Waals surface area contributed by atoms with Crippen LogP contribution in [0.1, 0.15) is 18.1 Å². The highest BCUT2D eigenvalue weighted by molar-refractivity contribution is 7.13. The first kappa shape index (κ1) is 13.5. The number of anilines is 1. The lowest BCUT2D eigenvalue weighted by Crippen LogP contribution is -2.30. The van der Waals surface area contributed by atoms with Crippen LogP contribution in [0.4, 0.5) is 5.13 Å². The van der Waals surface area contributed by atoms with Crippen LogP contribution < -0.4 is 10.1 Å². The summed E-state index contributed by atoms with van der Waals surface area (Å²) in [4.78, 5) is 15.9. The van der Waals surface area contributed by atoms with Gasteiger partial charge in [0, 0.05) is 11.6 Å². The Balaban J connectivity index is 1.98. The Morgan fingerprint density at radius 2 is 2.16 bits per heavy atom. The van der Waals surface area contributed by atoms with Crippen LogP contribution in [0.15, 0.2) is 29.8 Å². The van der Waals surface area contributed by atoms with Gasteiger partial charge in [-0.3, -0.25) is 10.1 Å². The number of nitrogens with one attached hydrogen (secondary N) is 1. The summed E-state index contributed by atoms with van der Waals surface area (Å²) in [6.45, 7) is 5.78. The van der Waals surface area contributed by atoms with Gasteiger partial charge in [0.25, 0.3) is 5.91 Å². The largest absolute Gasteiger partial charge is 0.481 e. The van der Waals surface area contributed by atoms with Crippen molar-refractivity contribution in [2.45, 2.75) is 26.9 Å². The van der Waals surface area contributed by atoms with E-state index in [2.05, 4.69) is 10.3 Å². The molecule has 1 atom stereocenters. The highest BCUT2D eigenvalue weighted by Gasteiger charge is 2.15. The predicted octanol–water partition coefficient (Wildman–Crippen LogP) is 3.17. The number of carbonyl (C=O) groups is 1. The SMILES string of the molecule is Cc1ccc(O[C@H](C)C(=O)Nc2nccs2)cc1C. The third-order valence-electron chi connectivity index (χ3n) is 2.82. The Morgan fingerprint density at radius 1 is 1.37 bits per heavy atom. The van der Waals surface area contributed by atoms with Gasteiger partial charge in [0.1, 0.15) is 5.75 Å². The molecule has 0 radical (unpaired) electrons. The van der Waals surface area contributed by atoms with Gasteiger partial charge in [-0.1, -0.05) is 6.07 Å². The van der Waals surface area contributed by atoms with Crippen molar-refractivity contribution in [2.75, 3.05) is 5.32 Å². The standard InChI is InChI=1S/C14H16N2O2S/c1-9-4-5-12(8-10(9)2)18-11(3)13(17)16-14-15-6-7-19-14/h4-8,11H,1-3H3,(H,15,16,17)/t11-/m1/s1. The van der Waals surface area contributed by atoms with E-state index in [0.29, 0.717) is 10.9 Å². The van der Waals surface area contributed by atoms with Crippen LogP contribution in [0.5, 0.6) is 5.75 Å². The summed E-state index contributed by atoms with van der Waals surface area (Å²) >= 11 is 1.38. The van der Waals surface area contributed by atoms with Gasteiger partial charge < -0.3 is 4.74 Å². The fourth-order valence-corrected chi connectivity index (χ4v) is 2.07. The molecule has 0 saturated heterocycles. The highest BCUT2D eigenvalue weighted by atomic mass is 32.1. The second-order valence-corrected chi connectivity index (χ2v) is 5.23. The highest BCUT2D eigenvalue weighted by Crippen LogP contribution is 2.18. The molecule has 1 aromatic heterocycles. The van der Waals surface area contributed by atoms with Gasteiger partial charge in [-0.25, -0.2) is 4.98 Å². The van der Waals surface area contributed by atoms with Crippen molar-refractivity contribution >= 4 is 22.4 Å². The van der Waals surface area contributed by atoms with Crippen molar-refractivity contribution in [3.8, 4) is 5.75 Å². The number of ether oxygens (including phenoxy) is 1. The van der Waals surface area contributed by atoms with Crippen LogP contribution in [-0.2, 0) is 4.79 Å². The summed E-state index contributed by atoms with van der Waals surface area (Å²) in [5, 5.41) is 5.11. The van der Waals surface area contributed by atoms with Gasteiger partial charge in [-0.2, -0.15) is 0 Å². The van der Waals surface area contributed by atoms with Crippen LogP contribution in [0, 0.1) is 13.8 Å². The number of aryl methyl sites for hydroxylation is 2. The molecule has 1 amide bonds. The molecule has 0 fully saturated rings. The van der Waals surface area contributed by atoms with Gasteiger partial charge >= 0.3 is 0 Å². The molecule has 0 aliphatic rings. The molecule has 2 aromatic rings. The average Bonchev–Trinajstić information content (AvgIpc) is 2.86. The van der Waals surface area contributed by atoms with Gasteiger partial charge in [-0.05, 0) is 44.0 Å². The number of hydrogen-bond acceptors (Lipinski definition) is 4. The lowest BCUT2D eigenvalue weighted by molar-refractivity contribution is -0.122. The smallest absolute Gasteiger partial charge is 0.266 e. The molecule has 0 aliphatic heterocycles. The summed E-state index contributed by atoms with van der Waals surface area (Å²) in [6, 6.07) is 5.79. The van der Waals surface area contributed by atoms with Crippen molar-refractivity contribution in [3.63, 3.8) is 0 Å². The Hall–Kier alpha value is -1.88. The minimum atomic E-state index is -0.564. The van der Waals surface area contributed by atoms with Crippen LogP contribution in [-0.4, -0.2) is 17.0 Å². The number of aromatic nitrogens is 1. The molecule has 1 aromatic carbocycles. The third-order valence-corrected chi connectivity index (χ3v) is 3.51. The zero-order valence-electron chi connectivity index (χ0n) is 11.1. The molecular weight excluding hydrogens is 260 g/mol. The number of rotatable bonds is 4. The lowest BCUT2D eigenvalue weighted by Gasteiger charge is -2.14. The molecule has 1 heterocycles. The van der Waals surface area contributed by atoms with E-state index in [1.165, 1.54) is 16.9 Å². The molecule has 0 unspecified atom stereocenters. The second kappa shape index (κ2) is 5.84. The average molecular weight is 276 g/mol. The Kier molecular flexibility index (Phi) is 4.16. The van der Waals surface area contributed by atoms with Gasteiger partial charge in [0.15, 0.2) is 11.2 Å². The van der Waals surface area contributed by atoms with Crippen molar-refractivity contribution in [1.82, 2.24) is 4.98 Å². The third kappa shape index (κ3) is 3.54. The maximum Gasteiger partial charge on any atom is 0.266 e. The fraction of sp³-hybridized carbons (Fsp3) is 0.286. The second-order valence-electron chi connectivity index (χ2n) is 4.33. The Morgan fingerprint density at radius 3 is 2.79 bits per heavy atom. The van der Waals surface area contributed by atoms with Gasteiger partial charge in [0.2, 0.25) is 0 Å². The Bertz CT molecular complexity index is 567. The zero-order chi connectivity index (χ0) is 13.8. The topological polar surface area (TPSA) is 51.2 Å². The lowest BCUT2D eigenvalue weighted by atomic mass is 10.1. The van der Waals surface area contributed by atoms with Crippen molar-refractivity contribution in [1.29, 1.82) is 0 Å². The van der Waals surface area contributed by atoms with Crippen molar-refractivity contribution < 1.29 is 9.53 Å². The van der Waals surface area contributed by atoms with Crippen molar-refractivity contribution in [3.05, 3.63) is 40.9 Å². The number of amides is 1. The molecule has 19 heavy (non-hydrogen) atoms. The van der Waals surface area contributed by atoms with Gasteiger partial charge in [0.05, 0.1) is 0 Å². The minimum absolute atomic E-state index is 0.201. The quantitative estimate of drug-likeness (QED) is 0.933. The molecule has 4 nitrogen and oxygen atoms in total. The first-order chi connectivity index (χ1) is 9.06. The molecule has 0 aliphatic carbocycles. The van der Waals surface area contributed by atoms with Gasteiger partial charge in [-0.15, -0.1) is 11.3 Å². The number of carbonyl (C=O) groups excluding carboxylic acids is 1. The first-order valence-corrected chi connectivity index (χ1v) is 6.88. The summed E-state index contributed by atoms with van der Waals surface area (Å²) < 4.78 is 5.63. The van der Waals surface area contributed by atoms with E-state index < -0.39 is 6.10 Å². The molecule has 5 heteroatoms. The van der Waals surface area contributed by atoms with E-state index in [1.807, 2.05) is 37.4 Å². The fourth-order valence-electron chi connectivity index (χ4n) is 1.54. The molecule has 1 N–H and O–H groups in total. The summed E-state index contributed by atoms with van der Waals surface area (Å²) in [7, 11) is 0. The van der Waals surface area contributed by atoms with E-state index in [0.717, 1.165) is 5.56 Å². The number of nitrogens with zero attached hydrogens (tertiary/aromatic N) is 1. The van der Waals surface area contributed by atoms with Crippen LogP contribution in [0.2, 0.25) is 0 Å². The van der Waals surface area contributed by atoms with E-state index in [-0.39, 0.29) is 5.91 Å². The number of benzene rings is 1. The number of hydrogen-bond donors (Lipinski definition) is 1. The molecular formula is C14H16N2O2S. The van der Waals surface area contributed by atoms with Crippen LogP contribution >= 0.6 is 11.3 Å². The zero-order valence-corrected chi connectivity index (χ0v) is 12.0. The molecule has 0 spiro atoms. The summed E-state index contributed by atoms with van der Waals surface area (Å²) in [5.74, 6) is 0.498. The van der Waals surface area contributed by atoms with Crippen LogP contribution in [0.3, 0.4) is 0 Å². The first-order valence-electron chi connectivity index (χ1n) is 6.00. The predicted molar refractivity (Wildman–Crippen MR) is 76.7 cm³/mol. The van der Waals surface area contributed by atoms with E-state index >= 15 is 0 Å².